The van der Waals surface area contributed by atoms with Crippen LogP contribution in [0.5, 0.6) is 5.75 Å². The van der Waals surface area contributed by atoms with E-state index in [-0.39, 0.29) is 5.75 Å². The molecule has 1 heterocycles. The molecule has 1 saturated carbocycles. The lowest BCUT2D eigenvalue weighted by molar-refractivity contribution is -0.274. The SMILES string of the molecule is O=CC(c1ccccn1)C1(c2cccc(OC(F)(F)F)c2)CCC1. The van der Waals surface area contributed by atoms with E-state index in [1.807, 2.05) is 0 Å². The first-order valence-corrected chi connectivity index (χ1v) is 7.67. The molecule has 0 bridgehead atoms. The van der Waals surface area contributed by atoms with Crippen LogP contribution in [0.1, 0.15) is 36.4 Å². The first-order chi connectivity index (χ1) is 11.4. The van der Waals surface area contributed by atoms with Crippen molar-refractivity contribution >= 4 is 6.29 Å². The van der Waals surface area contributed by atoms with E-state index in [0.717, 1.165) is 25.5 Å². The number of aromatic nitrogens is 1. The van der Waals surface area contributed by atoms with Crippen molar-refractivity contribution in [1.29, 1.82) is 0 Å². The number of carbonyl (C=O) groups excluding carboxylic acids is 1. The molecule has 1 aliphatic rings. The molecular formula is C18H16F3NO2. The van der Waals surface area contributed by atoms with Crippen LogP contribution in [0.15, 0.2) is 48.7 Å². The molecule has 24 heavy (non-hydrogen) atoms. The molecule has 126 valence electrons. The molecule has 0 amide bonds. The highest BCUT2D eigenvalue weighted by Gasteiger charge is 2.47. The minimum Gasteiger partial charge on any atom is -0.406 e. The highest BCUT2D eigenvalue weighted by molar-refractivity contribution is 5.66. The number of hydrogen-bond acceptors (Lipinski definition) is 3. The van der Waals surface area contributed by atoms with Gasteiger partial charge in [-0.25, -0.2) is 0 Å². The number of alkyl halides is 3. The molecule has 3 rings (SSSR count). The second kappa shape index (κ2) is 6.26. The molecule has 0 radical (unpaired) electrons. The van der Waals surface area contributed by atoms with Crippen LogP contribution < -0.4 is 4.74 Å². The van der Waals surface area contributed by atoms with Gasteiger partial charge in [0.15, 0.2) is 0 Å². The number of nitrogens with zero attached hydrogens (tertiary/aromatic N) is 1. The summed E-state index contributed by atoms with van der Waals surface area (Å²) in [5.41, 5.74) is 0.786. The van der Waals surface area contributed by atoms with Gasteiger partial charge in [0.25, 0.3) is 0 Å². The minimum absolute atomic E-state index is 0.267. The van der Waals surface area contributed by atoms with Crippen LogP contribution in [-0.4, -0.2) is 17.6 Å². The number of benzene rings is 1. The zero-order chi connectivity index (χ0) is 17.2. The smallest absolute Gasteiger partial charge is 0.406 e. The summed E-state index contributed by atoms with van der Waals surface area (Å²) >= 11 is 0. The van der Waals surface area contributed by atoms with Crippen LogP contribution in [0.3, 0.4) is 0 Å². The second-order valence-corrected chi connectivity index (χ2v) is 5.95. The zero-order valence-electron chi connectivity index (χ0n) is 12.8. The molecule has 1 unspecified atom stereocenters. The van der Waals surface area contributed by atoms with E-state index < -0.39 is 17.7 Å². The fourth-order valence-electron chi connectivity index (χ4n) is 3.38. The van der Waals surface area contributed by atoms with Gasteiger partial charge in [-0.1, -0.05) is 24.6 Å². The van der Waals surface area contributed by atoms with Gasteiger partial charge in [0.2, 0.25) is 0 Å². The topological polar surface area (TPSA) is 39.2 Å². The summed E-state index contributed by atoms with van der Waals surface area (Å²) < 4.78 is 41.4. The molecule has 1 aromatic heterocycles. The van der Waals surface area contributed by atoms with Crippen molar-refractivity contribution in [1.82, 2.24) is 4.98 Å². The molecule has 0 spiro atoms. The minimum atomic E-state index is -4.74. The lowest BCUT2D eigenvalue weighted by Gasteiger charge is -2.46. The summed E-state index contributed by atoms with van der Waals surface area (Å²) in [6.45, 7) is 0. The lowest BCUT2D eigenvalue weighted by Crippen LogP contribution is -2.41. The van der Waals surface area contributed by atoms with Crippen LogP contribution in [0.25, 0.3) is 0 Å². The molecule has 2 aromatic rings. The third-order valence-electron chi connectivity index (χ3n) is 4.63. The van der Waals surface area contributed by atoms with Gasteiger partial charge in [0.05, 0.1) is 11.6 Å². The first-order valence-electron chi connectivity index (χ1n) is 7.67. The molecule has 1 atom stereocenters. The Labute approximate surface area is 137 Å². The van der Waals surface area contributed by atoms with Crippen molar-refractivity contribution in [3.05, 3.63) is 59.9 Å². The molecule has 1 aromatic carbocycles. The van der Waals surface area contributed by atoms with E-state index in [1.54, 1.807) is 30.5 Å². The van der Waals surface area contributed by atoms with Gasteiger partial charge in [-0.15, -0.1) is 13.2 Å². The Balaban J connectivity index is 1.98. The Bertz CT molecular complexity index is 712. The summed E-state index contributed by atoms with van der Waals surface area (Å²) in [4.78, 5) is 16.0. The molecular weight excluding hydrogens is 319 g/mol. The van der Waals surface area contributed by atoms with Gasteiger partial charge in [-0.05, 0) is 42.7 Å². The third kappa shape index (κ3) is 3.13. The van der Waals surface area contributed by atoms with Crippen LogP contribution in [-0.2, 0) is 10.2 Å². The Hall–Kier alpha value is -2.37. The van der Waals surface area contributed by atoms with Crippen LogP contribution in [0.2, 0.25) is 0 Å². The Morgan fingerprint density at radius 1 is 1.17 bits per heavy atom. The molecule has 0 saturated heterocycles. The van der Waals surface area contributed by atoms with Crippen LogP contribution in [0.4, 0.5) is 13.2 Å². The predicted molar refractivity (Wildman–Crippen MR) is 81.7 cm³/mol. The Kier molecular flexibility index (Phi) is 4.30. The highest BCUT2D eigenvalue weighted by Crippen LogP contribution is 2.52. The number of halogens is 3. The van der Waals surface area contributed by atoms with Crippen molar-refractivity contribution in [3.8, 4) is 5.75 Å². The van der Waals surface area contributed by atoms with E-state index in [4.69, 9.17) is 0 Å². The van der Waals surface area contributed by atoms with Crippen molar-refractivity contribution in [2.75, 3.05) is 0 Å². The molecule has 3 nitrogen and oxygen atoms in total. The zero-order valence-corrected chi connectivity index (χ0v) is 12.8. The van der Waals surface area contributed by atoms with Gasteiger partial charge in [-0.3, -0.25) is 4.98 Å². The van der Waals surface area contributed by atoms with Gasteiger partial charge >= 0.3 is 6.36 Å². The first kappa shape index (κ1) is 16.5. The summed E-state index contributed by atoms with van der Waals surface area (Å²) in [6.07, 6.45) is 0.0864. The predicted octanol–water partition coefficient (Wildman–Crippen LogP) is 4.38. The van der Waals surface area contributed by atoms with Crippen molar-refractivity contribution < 1.29 is 22.7 Å². The van der Waals surface area contributed by atoms with E-state index in [1.165, 1.54) is 18.2 Å². The maximum absolute atomic E-state index is 12.5. The Morgan fingerprint density at radius 3 is 2.50 bits per heavy atom. The van der Waals surface area contributed by atoms with E-state index in [9.17, 15) is 18.0 Å². The quantitative estimate of drug-likeness (QED) is 0.761. The summed E-state index contributed by atoms with van der Waals surface area (Å²) in [7, 11) is 0. The summed E-state index contributed by atoms with van der Waals surface area (Å²) in [5.74, 6) is -0.759. The van der Waals surface area contributed by atoms with Gasteiger partial charge in [0, 0.05) is 11.6 Å². The normalized spacial score (nSPS) is 17.6. The molecule has 1 fully saturated rings. The average Bonchev–Trinajstić information content (AvgIpc) is 2.50. The molecule has 0 N–H and O–H groups in total. The van der Waals surface area contributed by atoms with Gasteiger partial charge in [-0.2, -0.15) is 0 Å². The summed E-state index contributed by atoms with van der Waals surface area (Å²) in [5, 5.41) is 0. The van der Waals surface area contributed by atoms with E-state index in [0.29, 0.717) is 11.3 Å². The number of ether oxygens (including phenoxy) is 1. The maximum Gasteiger partial charge on any atom is 0.573 e. The summed E-state index contributed by atoms with van der Waals surface area (Å²) in [6, 6.07) is 11.3. The average molecular weight is 335 g/mol. The number of carbonyl (C=O) groups is 1. The van der Waals surface area contributed by atoms with Crippen LogP contribution in [0, 0.1) is 0 Å². The number of rotatable bonds is 5. The van der Waals surface area contributed by atoms with Crippen molar-refractivity contribution in [2.45, 2.75) is 37.0 Å². The number of hydrogen-bond donors (Lipinski definition) is 0. The Morgan fingerprint density at radius 2 is 1.96 bits per heavy atom. The fourth-order valence-corrected chi connectivity index (χ4v) is 3.38. The largest absolute Gasteiger partial charge is 0.573 e. The molecule has 1 aliphatic carbocycles. The van der Waals surface area contributed by atoms with Gasteiger partial charge in [0.1, 0.15) is 12.0 Å². The number of pyridine rings is 1. The molecule has 0 aliphatic heterocycles. The molecule has 6 heteroatoms. The standard InChI is InChI=1S/C18H16F3NO2/c19-18(20,21)24-14-6-3-5-13(11-14)17(8-4-9-17)15(12-23)16-7-1-2-10-22-16/h1-3,5-7,10-12,15H,4,8-9H2. The third-order valence-corrected chi connectivity index (χ3v) is 4.63. The van der Waals surface area contributed by atoms with Crippen molar-refractivity contribution in [2.24, 2.45) is 0 Å². The lowest BCUT2D eigenvalue weighted by atomic mass is 9.57. The van der Waals surface area contributed by atoms with E-state index >= 15 is 0 Å². The van der Waals surface area contributed by atoms with Crippen LogP contribution >= 0.6 is 0 Å². The maximum atomic E-state index is 12.5. The number of aldehydes is 1. The fraction of sp³-hybridized carbons (Fsp3) is 0.333. The highest BCUT2D eigenvalue weighted by atomic mass is 19.4. The van der Waals surface area contributed by atoms with Gasteiger partial charge < -0.3 is 9.53 Å². The van der Waals surface area contributed by atoms with E-state index in [2.05, 4.69) is 9.72 Å². The second-order valence-electron chi connectivity index (χ2n) is 5.95. The monoisotopic (exact) mass is 335 g/mol. The van der Waals surface area contributed by atoms with Crippen molar-refractivity contribution in [3.63, 3.8) is 0 Å².